The molecule has 0 bridgehead atoms. The second-order valence-corrected chi connectivity index (χ2v) is 8.43. The Morgan fingerprint density at radius 3 is 2.57 bits per heavy atom. The number of hydrogen-bond acceptors (Lipinski definition) is 5. The van der Waals surface area contributed by atoms with E-state index in [-0.39, 0.29) is 17.9 Å². The fraction of sp³-hybridized carbons (Fsp3) is 0.240. The topological polar surface area (TPSA) is 88.8 Å². The Balaban J connectivity index is 1.47. The fourth-order valence-corrected chi connectivity index (χ4v) is 3.62. The van der Waals surface area contributed by atoms with Gasteiger partial charge in [-0.15, -0.1) is 0 Å². The number of anilines is 1. The number of alkyl halides is 3. The number of ether oxygens (including phenoxy) is 1. The first kappa shape index (κ1) is 22.9. The first-order valence-electron chi connectivity index (χ1n) is 11.0. The Hall–Kier alpha value is -3.92. The molecule has 2 N–H and O–H groups in total. The van der Waals surface area contributed by atoms with Crippen molar-refractivity contribution in [2.75, 3.05) is 11.9 Å². The van der Waals surface area contributed by atoms with Crippen LogP contribution in [0, 0.1) is 5.92 Å². The van der Waals surface area contributed by atoms with Crippen molar-refractivity contribution in [3.05, 3.63) is 77.7 Å². The first-order valence-corrected chi connectivity index (χ1v) is 11.0. The number of carbonyl (C=O) groups is 1. The van der Waals surface area contributed by atoms with Crippen molar-refractivity contribution in [2.45, 2.75) is 25.6 Å². The number of aliphatic hydroxyl groups is 1. The van der Waals surface area contributed by atoms with Gasteiger partial charge in [-0.1, -0.05) is 6.07 Å². The predicted octanol–water partition coefficient (Wildman–Crippen LogP) is 4.95. The third kappa shape index (κ3) is 4.97. The molecule has 0 radical (unpaired) electrons. The van der Waals surface area contributed by atoms with E-state index in [0.29, 0.717) is 40.9 Å². The summed E-state index contributed by atoms with van der Waals surface area (Å²) in [4.78, 5) is 21.7. The number of rotatable bonds is 7. The fourth-order valence-electron chi connectivity index (χ4n) is 3.62. The van der Waals surface area contributed by atoms with Crippen molar-refractivity contribution in [1.29, 1.82) is 0 Å². The van der Waals surface area contributed by atoms with E-state index in [0.717, 1.165) is 25.0 Å². The number of carbonyl (C=O) groups excluding carboxylic acids is 1. The second-order valence-electron chi connectivity index (χ2n) is 8.43. The molecule has 0 aliphatic heterocycles. The quantitative estimate of drug-likeness (QED) is 0.389. The molecule has 0 unspecified atom stereocenters. The molecule has 0 saturated heterocycles. The van der Waals surface area contributed by atoms with E-state index in [1.54, 1.807) is 35.0 Å². The van der Waals surface area contributed by atoms with Crippen LogP contribution in [-0.2, 0) is 12.8 Å². The monoisotopic (exact) mass is 482 g/mol. The van der Waals surface area contributed by atoms with Crippen molar-refractivity contribution in [3.63, 3.8) is 0 Å². The van der Waals surface area contributed by atoms with Gasteiger partial charge in [0.2, 0.25) is 5.88 Å². The SMILES string of the molecule is O=C(Nc1ccc(C(F)(F)F)cc1)c1cnc(OCC2CC2)c(-c2cnc3ccc(CO)cn23)c1. The van der Waals surface area contributed by atoms with Crippen LogP contribution in [0.1, 0.15) is 34.3 Å². The van der Waals surface area contributed by atoms with Crippen LogP contribution in [-0.4, -0.2) is 32.0 Å². The van der Waals surface area contributed by atoms with Crippen molar-refractivity contribution < 1.29 is 27.8 Å². The van der Waals surface area contributed by atoms with Gasteiger partial charge in [0.1, 0.15) is 5.65 Å². The molecule has 7 nitrogen and oxygen atoms in total. The van der Waals surface area contributed by atoms with E-state index < -0.39 is 17.6 Å². The predicted molar refractivity (Wildman–Crippen MR) is 122 cm³/mol. The van der Waals surface area contributed by atoms with Crippen LogP contribution in [0.25, 0.3) is 16.9 Å². The Labute approximate surface area is 198 Å². The molecule has 1 aliphatic rings. The molecule has 1 amide bonds. The summed E-state index contributed by atoms with van der Waals surface area (Å²) in [6.07, 6.45) is 2.48. The van der Waals surface area contributed by atoms with E-state index >= 15 is 0 Å². The average molecular weight is 482 g/mol. The Morgan fingerprint density at radius 2 is 1.89 bits per heavy atom. The zero-order valence-corrected chi connectivity index (χ0v) is 18.4. The summed E-state index contributed by atoms with van der Waals surface area (Å²) in [5, 5.41) is 12.1. The van der Waals surface area contributed by atoms with Gasteiger partial charge in [0.15, 0.2) is 0 Å². The molecule has 1 aliphatic carbocycles. The molecule has 4 aromatic rings. The molecule has 3 heterocycles. The normalized spacial score (nSPS) is 13.7. The molecule has 1 saturated carbocycles. The molecule has 0 atom stereocenters. The van der Waals surface area contributed by atoms with Gasteiger partial charge in [-0.3, -0.25) is 9.20 Å². The van der Waals surface area contributed by atoms with Crippen LogP contribution in [0.3, 0.4) is 0 Å². The smallest absolute Gasteiger partial charge is 0.416 e. The lowest BCUT2D eigenvalue weighted by Gasteiger charge is -2.13. The van der Waals surface area contributed by atoms with Gasteiger partial charge in [0, 0.05) is 18.1 Å². The molecule has 3 aromatic heterocycles. The Morgan fingerprint density at radius 1 is 1.11 bits per heavy atom. The first-order chi connectivity index (χ1) is 16.8. The van der Waals surface area contributed by atoms with E-state index in [4.69, 9.17) is 4.74 Å². The molecular formula is C25H21F3N4O3. The van der Waals surface area contributed by atoms with Gasteiger partial charge >= 0.3 is 6.18 Å². The molecule has 1 fully saturated rings. The third-order valence-corrected chi connectivity index (χ3v) is 5.76. The number of nitrogens with one attached hydrogen (secondary N) is 1. The summed E-state index contributed by atoms with van der Waals surface area (Å²) < 4.78 is 46.2. The minimum atomic E-state index is -4.46. The average Bonchev–Trinajstić information content (AvgIpc) is 3.59. The number of imidazole rings is 1. The zero-order valence-electron chi connectivity index (χ0n) is 18.4. The van der Waals surface area contributed by atoms with Crippen molar-refractivity contribution in [3.8, 4) is 17.1 Å². The lowest BCUT2D eigenvalue weighted by atomic mass is 10.1. The number of benzene rings is 1. The highest BCUT2D eigenvalue weighted by Crippen LogP contribution is 2.34. The van der Waals surface area contributed by atoms with Crippen LogP contribution in [0.4, 0.5) is 18.9 Å². The maximum Gasteiger partial charge on any atom is 0.416 e. The summed E-state index contributed by atoms with van der Waals surface area (Å²) in [5.74, 6) is 0.298. The summed E-state index contributed by atoms with van der Waals surface area (Å²) in [6, 6.07) is 9.36. The lowest BCUT2D eigenvalue weighted by molar-refractivity contribution is -0.137. The minimum absolute atomic E-state index is 0.146. The Bertz CT molecular complexity index is 1380. The maximum atomic E-state index is 12.9. The van der Waals surface area contributed by atoms with Crippen LogP contribution < -0.4 is 10.1 Å². The zero-order chi connectivity index (χ0) is 24.6. The third-order valence-electron chi connectivity index (χ3n) is 5.76. The van der Waals surface area contributed by atoms with Crippen molar-refractivity contribution in [1.82, 2.24) is 14.4 Å². The van der Waals surface area contributed by atoms with Crippen LogP contribution in [0.2, 0.25) is 0 Å². The lowest BCUT2D eigenvalue weighted by Crippen LogP contribution is -2.14. The molecule has 0 spiro atoms. The van der Waals surface area contributed by atoms with E-state index in [2.05, 4.69) is 15.3 Å². The Kier molecular flexibility index (Phi) is 5.89. The number of amides is 1. The number of pyridine rings is 2. The summed E-state index contributed by atoms with van der Waals surface area (Å²) >= 11 is 0. The number of hydrogen-bond donors (Lipinski definition) is 2. The van der Waals surface area contributed by atoms with Gasteiger partial charge in [-0.25, -0.2) is 9.97 Å². The van der Waals surface area contributed by atoms with Crippen molar-refractivity contribution in [2.24, 2.45) is 5.92 Å². The van der Waals surface area contributed by atoms with Crippen molar-refractivity contribution >= 4 is 17.2 Å². The van der Waals surface area contributed by atoms with E-state index in [9.17, 15) is 23.1 Å². The van der Waals surface area contributed by atoms with Gasteiger partial charge in [0.05, 0.1) is 41.8 Å². The summed E-state index contributed by atoms with van der Waals surface area (Å²) in [6.45, 7) is 0.363. The largest absolute Gasteiger partial charge is 0.477 e. The molecular weight excluding hydrogens is 461 g/mol. The van der Waals surface area contributed by atoms with Gasteiger partial charge in [0.25, 0.3) is 5.91 Å². The van der Waals surface area contributed by atoms with E-state index in [1.807, 2.05) is 0 Å². The van der Waals surface area contributed by atoms with Gasteiger partial charge < -0.3 is 15.2 Å². The van der Waals surface area contributed by atoms with Crippen LogP contribution in [0.5, 0.6) is 5.88 Å². The molecule has 5 rings (SSSR count). The number of aliphatic hydroxyl groups excluding tert-OH is 1. The number of halogens is 3. The number of fused-ring (bicyclic) bond motifs is 1. The second kappa shape index (κ2) is 9.03. The minimum Gasteiger partial charge on any atom is -0.477 e. The van der Waals surface area contributed by atoms with Gasteiger partial charge in [-0.2, -0.15) is 13.2 Å². The molecule has 10 heteroatoms. The van der Waals surface area contributed by atoms with E-state index in [1.165, 1.54) is 18.3 Å². The highest BCUT2D eigenvalue weighted by atomic mass is 19.4. The molecule has 1 aromatic carbocycles. The number of aromatic nitrogens is 3. The summed E-state index contributed by atoms with van der Waals surface area (Å²) in [5.41, 5.74) is 2.11. The summed E-state index contributed by atoms with van der Waals surface area (Å²) in [7, 11) is 0. The highest BCUT2D eigenvalue weighted by molar-refractivity contribution is 6.04. The van der Waals surface area contributed by atoms with Crippen LogP contribution in [0.15, 0.2) is 61.1 Å². The van der Waals surface area contributed by atoms with Crippen LogP contribution >= 0.6 is 0 Å². The molecule has 180 valence electrons. The standard InChI is InChI=1S/C25H21F3N4O3/c26-25(27,28)18-4-6-19(7-5-18)31-23(34)17-9-20(24(30-10-17)35-14-15-1-2-15)21-11-29-22-8-3-16(13-33)12-32(21)22/h3-12,15,33H,1-2,13-14H2,(H,31,34). The highest BCUT2D eigenvalue weighted by Gasteiger charge is 2.30. The van der Waals surface area contributed by atoms with Gasteiger partial charge in [-0.05, 0) is 60.7 Å². The number of nitrogens with zero attached hydrogens (tertiary/aromatic N) is 3. The maximum absolute atomic E-state index is 12.9. The molecule has 35 heavy (non-hydrogen) atoms.